The van der Waals surface area contributed by atoms with Crippen LogP contribution in [0.25, 0.3) is 0 Å². The number of benzene rings is 1. The van der Waals surface area contributed by atoms with Crippen molar-refractivity contribution in [2.45, 2.75) is 32.9 Å². The molecule has 2 rings (SSSR count). The van der Waals surface area contributed by atoms with Gasteiger partial charge in [0.2, 0.25) is 0 Å². The Kier molecular flexibility index (Phi) is 5.07. The van der Waals surface area contributed by atoms with Crippen LogP contribution in [0.5, 0.6) is 0 Å². The van der Waals surface area contributed by atoms with Crippen LogP contribution in [0.3, 0.4) is 0 Å². The molecule has 4 nitrogen and oxygen atoms in total. The van der Waals surface area contributed by atoms with Gasteiger partial charge in [0.1, 0.15) is 0 Å². The van der Waals surface area contributed by atoms with E-state index in [0.717, 1.165) is 13.0 Å². The summed E-state index contributed by atoms with van der Waals surface area (Å²) in [5, 5.41) is 7.54. The van der Waals surface area contributed by atoms with Gasteiger partial charge in [0, 0.05) is 12.3 Å². The van der Waals surface area contributed by atoms with Crippen LogP contribution in [0.1, 0.15) is 31.0 Å². The SMILES string of the molecule is CCNC(Cn1ncccc1=O)c1ccc(CC)cc1. The fraction of sp³-hybridized carbons (Fsp3) is 0.375. The zero-order valence-electron chi connectivity index (χ0n) is 12.0. The fourth-order valence-corrected chi connectivity index (χ4v) is 2.22. The summed E-state index contributed by atoms with van der Waals surface area (Å²) in [6.07, 6.45) is 2.68. The first kappa shape index (κ1) is 14.5. The van der Waals surface area contributed by atoms with Gasteiger partial charge in [0.05, 0.1) is 12.6 Å². The van der Waals surface area contributed by atoms with E-state index in [1.54, 1.807) is 12.3 Å². The molecule has 0 saturated carbocycles. The van der Waals surface area contributed by atoms with Gasteiger partial charge in [-0.1, -0.05) is 38.1 Å². The fourth-order valence-electron chi connectivity index (χ4n) is 2.22. The van der Waals surface area contributed by atoms with Crippen LogP contribution in [-0.4, -0.2) is 16.3 Å². The number of hydrogen-bond donors (Lipinski definition) is 1. The van der Waals surface area contributed by atoms with Crippen LogP contribution in [0.2, 0.25) is 0 Å². The summed E-state index contributed by atoms with van der Waals surface area (Å²) in [5.74, 6) is 0. The predicted molar refractivity (Wildman–Crippen MR) is 80.7 cm³/mol. The molecule has 20 heavy (non-hydrogen) atoms. The lowest BCUT2D eigenvalue weighted by atomic mass is 10.0. The number of nitrogens with zero attached hydrogens (tertiary/aromatic N) is 2. The van der Waals surface area contributed by atoms with E-state index in [4.69, 9.17) is 0 Å². The van der Waals surface area contributed by atoms with Gasteiger partial charge >= 0.3 is 0 Å². The second-order valence-electron chi connectivity index (χ2n) is 4.75. The third-order valence-electron chi connectivity index (χ3n) is 3.38. The molecule has 1 N–H and O–H groups in total. The van der Waals surface area contributed by atoms with Gasteiger partial charge in [-0.15, -0.1) is 0 Å². The third-order valence-corrected chi connectivity index (χ3v) is 3.38. The van der Waals surface area contributed by atoms with Crippen molar-refractivity contribution in [3.05, 3.63) is 64.1 Å². The molecule has 1 aromatic carbocycles. The highest BCUT2D eigenvalue weighted by Gasteiger charge is 2.12. The molecular weight excluding hydrogens is 250 g/mol. The number of hydrogen-bond acceptors (Lipinski definition) is 3. The number of nitrogens with one attached hydrogen (secondary N) is 1. The first-order valence-electron chi connectivity index (χ1n) is 7.09. The smallest absolute Gasteiger partial charge is 0.266 e. The number of likely N-dealkylation sites (N-methyl/N-ethyl adjacent to an activating group) is 1. The molecular formula is C16H21N3O. The first-order chi connectivity index (χ1) is 9.74. The number of aromatic nitrogens is 2. The van der Waals surface area contributed by atoms with E-state index in [9.17, 15) is 4.79 Å². The van der Waals surface area contributed by atoms with E-state index in [1.807, 2.05) is 0 Å². The van der Waals surface area contributed by atoms with Gasteiger partial charge in [-0.25, -0.2) is 4.68 Å². The number of aryl methyl sites for hydroxylation is 1. The highest BCUT2D eigenvalue weighted by Crippen LogP contribution is 2.15. The molecule has 0 amide bonds. The van der Waals surface area contributed by atoms with Crippen molar-refractivity contribution in [2.75, 3.05) is 6.54 Å². The molecule has 1 atom stereocenters. The van der Waals surface area contributed by atoms with Crippen LogP contribution < -0.4 is 10.9 Å². The van der Waals surface area contributed by atoms with Crippen LogP contribution >= 0.6 is 0 Å². The molecule has 0 spiro atoms. The Morgan fingerprint density at radius 3 is 2.55 bits per heavy atom. The van der Waals surface area contributed by atoms with Crippen molar-refractivity contribution in [3.8, 4) is 0 Å². The number of rotatable bonds is 6. The minimum absolute atomic E-state index is 0.0689. The molecule has 1 unspecified atom stereocenters. The monoisotopic (exact) mass is 271 g/mol. The van der Waals surface area contributed by atoms with Gasteiger partial charge < -0.3 is 5.32 Å². The molecule has 0 aliphatic rings. The standard InChI is InChI=1S/C16H21N3O/c1-3-13-7-9-14(10-8-13)15(17-4-2)12-19-16(20)6-5-11-18-19/h5-11,15,17H,3-4,12H2,1-2H3. The van der Waals surface area contributed by atoms with Crippen molar-refractivity contribution in [3.63, 3.8) is 0 Å². The quantitative estimate of drug-likeness (QED) is 0.875. The lowest BCUT2D eigenvalue weighted by Crippen LogP contribution is -2.31. The van der Waals surface area contributed by atoms with Crippen LogP contribution in [0, 0.1) is 0 Å². The minimum Gasteiger partial charge on any atom is -0.309 e. The average Bonchev–Trinajstić information content (AvgIpc) is 2.49. The van der Waals surface area contributed by atoms with Crippen LogP contribution in [0.15, 0.2) is 47.4 Å². The normalized spacial score (nSPS) is 12.3. The Labute approximate surface area is 119 Å². The van der Waals surface area contributed by atoms with Crippen molar-refractivity contribution < 1.29 is 0 Å². The molecule has 1 heterocycles. The Morgan fingerprint density at radius 2 is 1.95 bits per heavy atom. The second-order valence-corrected chi connectivity index (χ2v) is 4.75. The molecule has 4 heteroatoms. The van der Waals surface area contributed by atoms with E-state index in [1.165, 1.54) is 21.9 Å². The van der Waals surface area contributed by atoms with Crippen molar-refractivity contribution >= 4 is 0 Å². The average molecular weight is 271 g/mol. The second kappa shape index (κ2) is 7.01. The van der Waals surface area contributed by atoms with E-state index in [2.05, 4.69) is 48.5 Å². The first-order valence-corrected chi connectivity index (χ1v) is 7.09. The van der Waals surface area contributed by atoms with Gasteiger partial charge in [-0.05, 0) is 30.2 Å². The maximum Gasteiger partial charge on any atom is 0.266 e. The Hall–Kier alpha value is -1.94. The third kappa shape index (κ3) is 3.54. The summed E-state index contributed by atoms with van der Waals surface area (Å²) >= 11 is 0. The summed E-state index contributed by atoms with van der Waals surface area (Å²) in [5.41, 5.74) is 2.43. The van der Waals surface area contributed by atoms with Gasteiger partial charge in [-0.3, -0.25) is 4.79 Å². The topological polar surface area (TPSA) is 46.9 Å². The molecule has 0 radical (unpaired) electrons. The highest BCUT2D eigenvalue weighted by atomic mass is 16.1. The maximum atomic E-state index is 11.8. The summed E-state index contributed by atoms with van der Waals surface area (Å²) in [7, 11) is 0. The summed E-state index contributed by atoms with van der Waals surface area (Å²) in [6.45, 7) is 5.60. The van der Waals surface area contributed by atoms with Crippen molar-refractivity contribution in [2.24, 2.45) is 0 Å². The van der Waals surface area contributed by atoms with Gasteiger partial charge in [-0.2, -0.15) is 5.10 Å². The largest absolute Gasteiger partial charge is 0.309 e. The molecule has 0 saturated heterocycles. The molecule has 0 aliphatic carbocycles. The van der Waals surface area contributed by atoms with Crippen molar-refractivity contribution in [1.82, 2.24) is 15.1 Å². The molecule has 0 aliphatic heterocycles. The molecule has 106 valence electrons. The summed E-state index contributed by atoms with van der Waals surface area (Å²) in [6, 6.07) is 11.8. The summed E-state index contributed by atoms with van der Waals surface area (Å²) < 4.78 is 1.50. The zero-order chi connectivity index (χ0) is 14.4. The molecule has 0 fully saturated rings. The Balaban J connectivity index is 2.22. The maximum absolute atomic E-state index is 11.8. The van der Waals surface area contributed by atoms with E-state index in [0.29, 0.717) is 6.54 Å². The van der Waals surface area contributed by atoms with E-state index >= 15 is 0 Å². The van der Waals surface area contributed by atoms with E-state index in [-0.39, 0.29) is 11.6 Å². The zero-order valence-corrected chi connectivity index (χ0v) is 12.0. The van der Waals surface area contributed by atoms with Gasteiger partial charge in [0.15, 0.2) is 0 Å². The molecule has 2 aromatic rings. The highest BCUT2D eigenvalue weighted by molar-refractivity contribution is 5.25. The summed E-state index contributed by atoms with van der Waals surface area (Å²) in [4.78, 5) is 11.8. The lowest BCUT2D eigenvalue weighted by Gasteiger charge is -2.19. The Morgan fingerprint density at radius 1 is 1.20 bits per heavy atom. The Bertz CT molecular complexity index is 589. The molecule has 1 aromatic heterocycles. The molecule has 0 bridgehead atoms. The lowest BCUT2D eigenvalue weighted by molar-refractivity contribution is 0.434. The van der Waals surface area contributed by atoms with Gasteiger partial charge in [0.25, 0.3) is 5.56 Å². The predicted octanol–water partition coefficient (Wildman–Crippen LogP) is 2.16. The van der Waals surface area contributed by atoms with Crippen molar-refractivity contribution in [1.29, 1.82) is 0 Å². The van der Waals surface area contributed by atoms with E-state index < -0.39 is 0 Å². The minimum atomic E-state index is -0.0689. The van der Waals surface area contributed by atoms with Crippen LogP contribution in [-0.2, 0) is 13.0 Å². The van der Waals surface area contributed by atoms with Crippen LogP contribution in [0.4, 0.5) is 0 Å².